The Morgan fingerprint density at radius 3 is 2.48 bits per heavy atom. The zero-order valence-electron chi connectivity index (χ0n) is 12.8. The molecule has 0 aromatic heterocycles. The largest absolute Gasteiger partial charge is 0.466 e. The second-order valence-electron chi connectivity index (χ2n) is 4.90. The van der Waals surface area contributed by atoms with Crippen molar-refractivity contribution in [3.05, 3.63) is 65.7 Å². The highest BCUT2D eigenvalue weighted by molar-refractivity contribution is 7.92. The molecule has 2 rings (SSSR count). The monoisotopic (exact) mass is 331 g/mol. The number of methoxy groups -OCH3 is 1. The van der Waals surface area contributed by atoms with Gasteiger partial charge in [-0.2, -0.15) is 0 Å². The van der Waals surface area contributed by atoms with E-state index in [0.717, 1.165) is 5.56 Å². The molecule has 2 aromatic carbocycles. The van der Waals surface area contributed by atoms with Gasteiger partial charge in [-0.05, 0) is 42.8 Å². The third-order valence-electron chi connectivity index (χ3n) is 3.09. The maximum Gasteiger partial charge on any atom is 0.330 e. The molecule has 0 aliphatic heterocycles. The summed E-state index contributed by atoms with van der Waals surface area (Å²) < 4.78 is 31.8. The van der Waals surface area contributed by atoms with Gasteiger partial charge >= 0.3 is 5.97 Å². The van der Waals surface area contributed by atoms with Crippen molar-refractivity contribution in [1.82, 2.24) is 0 Å². The average Bonchev–Trinajstić information content (AvgIpc) is 2.55. The Hall–Kier alpha value is -2.60. The lowest BCUT2D eigenvalue weighted by molar-refractivity contribution is -0.134. The molecule has 0 aliphatic rings. The molecule has 5 nitrogen and oxygen atoms in total. The van der Waals surface area contributed by atoms with Gasteiger partial charge in [-0.1, -0.05) is 29.8 Å². The van der Waals surface area contributed by atoms with E-state index in [1.54, 1.807) is 24.3 Å². The second kappa shape index (κ2) is 7.11. The molecule has 0 amide bonds. The predicted molar refractivity (Wildman–Crippen MR) is 89.5 cm³/mol. The van der Waals surface area contributed by atoms with Crippen LogP contribution in [-0.2, 0) is 19.6 Å². The number of rotatable bonds is 5. The number of sulfonamides is 1. The molecular weight excluding hydrogens is 314 g/mol. The highest BCUT2D eigenvalue weighted by Crippen LogP contribution is 2.18. The molecule has 0 heterocycles. The van der Waals surface area contributed by atoms with Gasteiger partial charge in [0, 0.05) is 11.8 Å². The van der Waals surface area contributed by atoms with E-state index in [1.807, 2.05) is 19.1 Å². The van der Waals surface area contributed by atoms with E-state index < -0.39 is 16.0 Å². The van der Waals surface area contributed by atoms with E-state index >= 15 is 0 Å². The van der Waals surface area contributed by atoms with Crippen molar-refractivity contribution in [2.75, 3.05) is 11.8 Å². The maximum atomic E-state index is 12.4. The zero-order chi connectivity index (χ0) is 16.9. The lowest BCUT2D eigenvalue weighted by Gasteiger charge is -2.09. The van der Waals surface area contributed by atoms with Crippen LogP contribution in [0.3, 0.4) is 0 Å². The van der Waals surface area contributed by atoms with Crippen LogP contribution in [0.1, 0.15) is 11.1 Å². The summed E-state index contributed by atoms with van der Waals surface area (Å²) in [6, 6.07) is 13.3. The number of aryl methyl sites for hydroxylation is 1. The molecule has 0 atom stereocenters. The summed E-state index contributed by atoms with van der Waals surface area (Å²) in [4.78, 5) is 11.2. The molecule has 0 bridgehead atoms. The fourth-order valence-corrected chi connectivity index (χ4v) is 2.97. The van der Waals surface area contributed by atoms with E-state index in [9.17, 15) is 13.2 Å². The molecule has 120 valence electrons. The Morgan fingerprint density at radius 1 is 1.13 bits per heavy atom. The third-order valence-corrected chi connectivity index (χ3v) is 4.46. The smallest absolute Gasteiger partial charge is 0.330 e. The maximum absolute atomic E-state index is 12.4. The van der Waals surface area contributed by atoms with E-state index in [1.165, 1.54) is 31.4 Å². The van der Waals surface area contributed by atoms with Crippen LogP contribution in [0.2, 0.25) is 0 Å². The SMILES string of the molecule is COC(=O)/C=C/c1cccc(S(=O)(=O)Nc2ccc(C)cc2)c1. The van der Waals surface area contributed by atoms with Gasteiger partial charge in [0.2, 0.25) is 0 Å². The van der Waals surface area contributed by atoms with Crippen molar-refractivity contribution >= 4 is 27.8 Å². The molecule has 0 spiro atoms. The van der Waals surface area contributed by atoms with E-state index in [4.69, 9.17) is 0 Å². The minimum absolute atomic E-state index is 0.116. The number of esters is 1. The summed E-state index contributed by atoms with van der Waals surface area (Å²) in [5.74, 6) is -0.504. The van der Waals surface area contributed by atoms with Gasteiger partial charge in [0.1, 0.15) is 0 Å². The Balaban J connectivity index is 2.24. The fourth-order valence-electron chi connectivity index (χ4n) is 1.85. The molecule has 0 fully saturated rings. The highest BCUT2D eigenvalue weighted by Gasteiger charge is 2.14. The summed E-state index contributed by atoms with van der Waals surface area (Å²) in [6.45, 7) is 1.93. The van der Waals surface area contributed by atoms with Crippen LogP contribution in [0.4, 0.5) is 5.69 Å². The quantitative estimate of drug-likeness (QED) is 0.675. The van der Waals surface area contributed by atoms with Crippen molar-refractivity contribution in [2.24, 2.45) is 0 Å². The highest BCUT2D eigenvalue weighted by atomic mass is 32.2. The van der Waals surface area contributed by atoms with E-state index in [2.05, 4.69) is 9.46 Å². The standard InChI is InChI=1S/C17H17NO4S/c1-13-6-9-15(10-7-13)18-23(20,21)16-5-3-4-14(12-16)8-11-17(19)22-2/h3-12,18H,1-2H3/b11-8+. The molecule has 1 N–H and O–H groups in total. The molecule has 2 aromatic rings. The first-order chi connectivity index (χ1) is 10.9. The van der Waals surface area contributed by atoms with Gasteiger partial charge in [0.25, 0.3) is 10.0 Å². The second-order valence-corrected chi connectivity index (χ2v) is 6.58. The zero-order valence-corrected chi connectivity index (χ0v) is 13.6. The summed E-state index contributed by atoms with van der Waals surface area (Å²) in [5, 5.41) is 0. The molecule has 0 saturated carbocycles. The number of nitrogens with one attached hydrogen (secondary N) is 1. The first-order valence-corrected chi connectivity index (χ1v) is 8.34. The van der Waals surface area contributed by atoms with Crippen LogP contribution in [0.25, 0.3) is 6.08 Å². The minimum atomic E-state index is -3.69. The van der Waals surface area contributed by atoms with Crippen LogP contribution in [0.5, 0.6) is 0 Å². The molecule has 0 unspecified atom stereocenters. The van der Waals surface area contributed by atoms with Crippen LogP contribution < -0.4 is 4.72 Å². The number of anilines is 1. The molecule has 23 heavy (non-hydrogen) atoms. The van der Waals surface area contributed by atoms with Gasteiger partial charge in [-0.3, -0.25) is 4.72 Å². The molecular formula is C17H17NO4S. The predicted octanol–water partition coefficient (Wildman–Crippen LogP) is 2.98. The number of carbonyl (C=O) groups excluding carboxylic acids is 1. The summed E-state index contributed by atoms with van der Waals surface area (Å²) in [6.07, 6.45) is 2.73. The number of ether oxygens (including phenoxy) is 1. The average molecular weight is 331 g/mol. The first-order valence-electron chi connectivity index (χ1n) is 6.86. The lowest BCUT2D eigenvalue weighted by atomic mass is 10.2. The molecule has 0 radical (unpaired) electrons. The van der Waals surface area contributed by atoms with Crippen molar-refractivity contribution in [3.63, 3.8) is 0 Å². The van der Waals surface area contributed by atoms with Crippen molar-refractivity contribution in [1.29, 1.82) is 0 Å². The number of benzene rings is 2. The minimum Gasteiger partial charge on any atom is -0.466 e. The Bertz CT molecular complexity index is 824. The third kappa shape index (κ3) is 4.69. The van der Waals surface area contributed by atoms with Gasteiger partial charge in [-0.15, -0.1) is 0 Å². The van der Waals surface area contributed by atoms with Crippen molar-refractivity contribution in [3.8, 4) is 0 Å². The normalized spacial score (nSPS) is 11.4. The van der Waals surface area contributed by atoms with Gasteiger partial charge in [0.15, 0.2) is 0 Å². The van der Waals surface area contributed by atoms with Crippen molar-refractivity contribution in [2.45, 2.75) is 11.8 Å². The van der Waals surface area contributed by atoms with E-state index in [-0.39, 0.29) is 4.90 Å². The van der Waals surface area contributed by atoms with Gasteiger partial charge in [-0.25, -0.2) is 13.2 Å². The summed E-state index contributed by atoms with van der Waals surface area (Å²) >= 11 is 0. The Morgan fingerprint density at radius 2 is 1.83 bits per heavy atom. The fraction of sp³-hybridized carbons (Fsp3) is 0.118. The molecule has 6 heteroatoms. The topological polar surface area (TPSA) is 72.5 Å². The molecule has 0 aliphatic carbocycles. The van der Waals surface area contributed by atoms with Crippen LogP contribution in [-0.4, -0.2) is 21.5 Å². The van der Waals surface area contributed by atoms with Crippen molar-refractivity contribution < 1.29 is 17.9 Å². The number of hydrogen-bond donors (Lipinski definition) is 1. The van der Waals surface area contributed by atoms with Gasteiger partial charge < -0.3 is 4.74 Å². The molecule has 0 saturated heterocycles. The Kier molecular flexibility index (Phi) is 5.18. The lowest BCUT2D eigenvalue weighted by Crippen LogP contribution is -2.12. The van der Waals surface area contributed by atoms with Crippen LogP contribution in [0.15, 0.2) is 59.5 Å². The van der Waals surface area contributed by atoms with Gasteiger partial charge in [0.05, 0.1) is 12.0 Å². The number of hydrogen-bond acceptors (Lipinski definition) is 4. The summed E-state index contributed by atoms with van der Waals surface area (Å²) in [5.41, 5.74) is 2.12. The summed E-state index contributed by atoms with van der Waals surface area (Å²) in [7, 11) is -2.42. The van der Waals surface area contributed by atoms with Crippen LogP contribution >= 0.6 is 0 Å². The number of carbonyl (C=O) groups is 1. The van der Waals surface area contributed by atoms with E-state index in [0.29, 0.717) is 11.3 Å². The Labute approximate surface area is 135 Å². The first kappa shape index (κ1) is 16.8. The van der Waals surface area contributed by atoms with Crippen LogP contribution in [0, 0.1) is 6.92 Å².